The van der Waals surface area contributed by atoms with E-state index in [1.807, 2.05) is 0 Å². The SMILES string of the molecule is COc1ccc(-c2cc(NC(=O)c3ccc(OC)cc3O)c[nH]c2=O)cc1. The number of nitrogens with one attached hydrogen (secondary N) is 2. The van der Waals surface area contributed by atoms with Gasteiger partial charge in [0.25, 0.3) is 11.5 Å². The van der Waals surface area contributed by atoms with E-state index < -0.39 is 5.91 Å². The molecule has 27 heavy (non-hydrogen) atoms. The van der Waals surface area contributed by atoms with E-state index in [0.29, 0.717) is 28.3 Å². The Kier molecular flexibility index (Phi) is 5.12. The molecule has 0 unspecified atom stereocenters. The number of aromatic hydroxyl groups is 1. The summed E-state index contributed by atoms with van der Waals surface area (Å²) in [7, 11) is 3.03. The Morgan fingerprint density at radius 3 is 2.30 bits per heavy atom. The van der Waals surface area contributed by atoms with Crippen LogP contribution in [0.2, 0.25) is 0 Å². The number of ether oxygens (including phenoxy) is 2. The van der Waals surface area contributed by atoms with Crippen LogP contribution >= 0.6 is 0 Å². The van der Waals surface area contributed by atoms with Gasteiger partial charge in [-0.2, -0.15) is 0 Å². The number of hydrogen-bond donors (Lipinski definition) is 3. The number of benzene rings is 2. The molecule has 2 aromatic carbocycles. The molecule has 3 N–H and O–H groups in total. The summed E-state index contributed by atoms with van der Waals surface area (Å²) in [5.41, 5.74) is 1.27. The number of phenolic OH excluding ortho intramolecular Hbond substituents is 1. The third kappa shape index (κ3) is 3.92. The van der Waals surface area contributed by atoms with Gasteiger partial charge in [-0.3, -0.25) is 9.59 Å². The smallest absolute Gasteiger partial charge is 0.259 e. The number of methoxy groups -OCH3 is 2. The van der Waals surface area contributed by atoms with E-state index >= 15 is 0 Å². The van der Waals surface area contributed by atoms with Crippen molar-refractivity contribution in [1.82, 2.24) is 4.98 Å². The molecule has 0 aliphatic rings. The maximum Gasteiger partial charge on any atom is 0.259 e. The van der Waals surface area contributed by atoms with Crippen LogP contribution in [0.5, 0.6) is 17.2 Å². The van der Waals surface area contributed by atoms with Crippen molar-refractivity contribution in [2.24, 2.45) is 0 Å². The molecule has 0 radical (unpaired) electrons. The van der Waals surface area contributed by atoms with Crippen LogP contribution in [0.4, 0.5) is 5.69 Å². The second kappa shape index (κ2) is 7.65. The fraction of sp³-hybridized carbons (Fsp3) is 0.100. The van der Waals surface area contributed by atoms with Gasteiger partial charge in [0, 0.05) is 17.8 Å². The fourth-order valence-corrected chi connectivity index (χ4v) is 2.57. The molecule has 0 aliphatic carbocycles. The number of phenols is 1. The molecule has 0 fully saturated rings. The zero-order chi connectivity index (χ0) is 19.4. The van der Waals surface area contributed by atoms with Gasteiger partial charge in [-0.15, -0.1) is 0 Å². The van der Waals surface area contributed by atoms with Gasteiger partial charge in [0.05, 0.1) is 25.5 Å². The summed E-state index contributed by atoms with van der Waals surface area (Å²) in [6, 6.07) is 13.0. The van der Waals surface area contributed by atoms with E-state index in [1.165, 1.54) is 25.4 Å². The number of carbonyl (C=O) groups excluding carboxylic acids is 1. The van der Waals surface area contributed by atoms with Gasteiger partial charge in [-0.1, -0.05) is 12.1 Å². The molecule has 1 aromatic heterocycles. The summed E-state index contributed by atoms with van der Waals surface area (Å²) in [5, 5.41) is 12.6. The minimum Gasteiger partial charge on any atom is -0.507 e. The summed E-state index contributed by atoms with van der Waals surface area (Å²) in [4.78, 5) is 27.2. The van der Waals surface area contributed by atoms with Gasteiger partial charge >= 0.3 is 0 Å². The first kappa shape index (κ1) is 18.1. The monoisotopic (exact) mass is 366 g/mol. The van der Waals surface area contributed by atoms with Gasteiger partial charge in [0.1, 0.15) is 17.2 Å². The Morgan fingerprint density at radius 1 is 1.00 bits per heavy atom. The number of H-pyrrole nitrogens is 1. The molecule has 0 spiro atoms. The molecule has 0 aliphatic heterocycles. The van der Waals surface area contributed by atoms with Crippen LogP contribution in [-0.4, -0.2) is 30.2 Å². The normalized spacial score (nSPS) is 10.3. The number of anilines is 1. The Morgan fingerprint density at radius 2 is 1.67 bits per heavy atom. The quantitative estimate of drug-likeness (QED) is 0.644. The van der Waals surface area contributed by atoms with Crippen molar-refractivity contribution >= 4 is 11.6 Å². The highest BCUT2D eigenvalue weighted by Gasteiger charge is 2.13. The first-order valence-corrected chi connectivity index (χ1v) is 8.07. The van der Waals surface area contributed by atoms with Crippen molar-refractivity contribution in [1.29, 1.82) is 0 Å². The molecule has 0 saturated carbocycles. The highest BCUT2D eigenvalue weighted by atomic mass is 16.5. The van der Waals surface area contributed by atoms with Gasteiger partial charge in [-0.25, -0.2) is 0 Å². The fourth-order valence-electron chi connectivity index (χ4n) is 2.57. The molecule has 7 nitrogen and oxygen atoms in total. The number of rotatable bonds is 5. The van der Waals surface area contributed by atoms with Crippen molar-refractivity contribution in [3.05, 3.63) is 70.6 Å². The van der Waals surface area contributed by atoms with Crippen molar-refractivity contribution in [3.8, 4) is 28.4 Å². The van der Waals surface area contributed by atoms with E-state index in [0.717, 1.165) is 0 Å². The Bertz CT molecular complexity index is 1030. The summed E-state index contributed by atoms with van der Waals surface area (Å²) in [6.45, 7) is 0. The van der Waals surface area contributed by atoms with Crippen molar-refractivity contribution < 1.29 is 19.4 Å². The molecule has 3 rings (SSSR count). The molecule has 3 aromatic rings. The average molecular weight is 366 g/mol. The molecule has 1 amide bonds. The highest BCUT2D eigenvalue weighted by Crippen LogP contribution is 2.25. The topological polar surface area (TPSA) is 101 Å². The van der Waals surface area contributed by atoms with E-state index in [-0.39, 0.29) is 16.9 Å². The van der Waals surface area contributed by atoms with Crippen molar-refractivity contribution in [3.63, 3.8) is 0 Å². The lowest BCUT2D eigenvalue weighted by molar-refractivity contribution is 0.102. The maximum atomic E-state index is 12.4. The van der Waals surface area contributed by atoms with Crippen LogP contribution < -0.4 is 20.3 Å². The zero-order valence-corrected chi connectivity index (χ0v) is 14.8. The zero-order valence-electron chi connectivity index (χ0n) is 14.8. The minimum absolute atomic E-state index is 0.0907. The standard InChI is InChI=1S/C20H18N2O5/c1-26-14-5-3-12(4-6-14)17-9-13(11-21-19(17)24)22-20(25)16-8-7-15(27-2)10-18(16)23/h3-11,23H,1-2H3,(H,21,24)(H,22,25). The molecule has 0 atom stereocenters. The molecule has 138 valence electrons. The Hall–Kier alpha value is -3.74. The summed E-state index contributed by atoms with van der Waals surface area (Å²) in [6.07, 6.45) is 1.40. The number of hydrogen-bond acceptors (Lipinski definition) is 5. The predicted molar refractivity (Wildman–Crippen MR) is 102 cm³/mol. The van der Waals surface area contributed by atoms with Crippen LogP contribution in [0, 0.1) is 0 Å². The lowest BCUT2D eigenvalue weighted by Gasteiger charge is -2.09. The van der Waals surface area contributed by atoms with E-state index in [9.17, 15) is 14.7 Å². The number of aromatic amines is 1. The van der Waals surface area contributed by atoms with E-state index in [4.69, 9.17) is 9.47 Å². The lowest BCUT2D eigenvalue weighted by Crippen LogP contribution is -2.15. The number of carbonyl (C=O) groups is 1. The van der Waals surface area contributed by atoms with Crippen molar-refractivity contribution in [2.45, 2.75) is 0 Å². The third-order valence-corrected chi connectivity index (χ3v) is 4.01. The van der Waals surface area contributed by atoms with E-state index in [2.05, 4.69) is 10.3 Å². The largest absolute Gasteiger partial charge is 0.507 e. The Labute approximate surface area is 155 Å². The van der Waals surface area contributed by atoms with Crippen LogP contribution in [-0.2, 0) is 0 Å². The second-order valence-corrected chi connectivity index (χ2v) is 5.70. The third-order valence-electron chi connectivity index (χ3n) is 4.01. The van der Waals surface area contributed by atoms with Gasteiger partial charge in [0.2, 0.25) is 0 Å². The number of pyridine rings is 1. The van der Waals surface area contributed by atoms with Crippen LogP contribution in [0.25, 0.3) is 11.1 Å². The lowest BCUT2D eigenvalue weighted by atomic mass is 10.1. The van der Waals surface area contributed by atoms with Crippen LogP contribution in [0.15, 0.2) is 59.5 Å². The summed E-state index contributed by atoms with van der Waals surface area (Å²) >= 11 is 0. The van der Waals surface area contributed by atoms with Crippen molar-refractivity contribution in [2.75, 3.05) is 19.5 Å². The second-order valence-electron chi connectivity index (χ2n) is 5.70. The molecule has 0 bridgehead atoms. The first-order chi connectivity index (χ1) is 13.0. The summed E-state index contributed by atoms with van der Waals surface area (Å²) in [5.74, 6) is 0.402. The van der Waals surface area contributed by atoms with Gasteiger partial charge < -0.3 is 24.9 Å². The molecule has 0 saturated heterocycles. The number of aromatic nitrogens is 1. The molecular weight excluding hydrogens is 348 g/mol. The first-order valence-electron chi connectivity index (χ1n) is 8.07. The molecule has 7 heteroatoms. The minimum atomic E-state index is -0.511. The highest BCUT2D eigenvalue weighted by molar-refractivity contribution is 6.06. The molecule has 1 heterocycles. The average Bonchev–Trinajstić information content (AvgIpc) is 2.69. The maximum absolute atomic E-state index is 12.4. The van der Waals surface area contributed by atoms with Crippen LogP contribution in [0.3, 0.4) is 0 Å². The van der Waals surface area contributed by atoms with Crippen LogP contribution in [0.1, 0.15) is 10.4 Å². The van der Waals surface area contributed by atoms with E-state index in [1.54, 1.807) is 43.5 Å². The Balaban J connectivity index is 1.87. The van der Waals surface area contributed by atoms with Gasteiger partial charge in [0.15, 0.2) is 0 Å². The number of amides is 1. The summed E-state index contributed by atoms with van der Waals surface area (Å²) < 4.78 is 10.1. The predicted octanol–water partition coefficient (Wildman–Crippen LogP) is 3.02. The van der Waals surface area contributed by atoms with Gasteiger partial charge in [-0.05, 0) is 35.9 Å². The molecular formula is C20H18N2O5.